The molecule has 0 radical (unpaired) electrons. The Labute approximate surface area is 105 Å². The average Bonchev–Trinajstić information content (AvgIpc) is 2.72. The molecule has 0 spiro atoms. The van der Waals surface area contributed by atoms with E-state index in [9.17, 15) is 8.78 Å². The minimum absolute atomic E-state index is 0.0845. The number of hydrogen-bond acceptors (Lipinski definition) is 2. The van der Waals surface area contributed by atoms with Crippen LogP contribution in [0.5, 0.6) is 0 Å². The molecule has 17 heavy (non-hydrogen) atoms. The summed E-state index contributed by atoms with van der Waals surface area (Å²) in [6, 6.07) is 1.87. The highest BCUT2D eigenvalue weighted by atomic mass is 79.9. The molecule has 1 heterocycles. The van der Waals surface area contributed by atoms with Gasteiger partial charge in [0.25, 0.3) is 0 Å². The van der Waals surface area contributed by atoms with Gasteiger partial charge in [-0.1, -0.05) is 0 Å². The van der Waals surface area contributed by atoms with Crippen molar-refractivity contribution in [3.05, 3.63) is 46.5 Å². The van der Waals surface area contributed by atoms with E-state index in [-0.39, 0.29) is 16.2 Å². The second-order valence-corrected chi connectivity index (χ2v) is 4.55. The molecule has 0 aliphatic heterocycles. The summed E-state index contributed by atoms with van der Waals surface area (Å²) in [7, 11) is 0. The van der Waals surface area contributed by atoms with Gasteiger partial charge in [-0.15, -0.1) is 0 Å². The van der Waals surface area contributed by atoms with E-state index in [1.54, 1.807) is 6.92 Å². The summed E-state index contributed by atoms with van der Waals surface area (Å²) < 4.78 is 28.7. The molecule has 90 valence electrons. The Bertz CT molecular complexity index is 552. The number of nitrogens with two attached hydrogens (primary N) is 1. The second-order valence-electron chi connectivity index (χ2n) is 3.69. The van der Waals surface area contributed by atoms with Crippen LogP contribution in [0.4, 0.5) is 8.78 Å². The zero-order chi connectivity index (χ0) is 12.6. The Balaban J connectivity index is 2.60. The molecule has 0 bridgehead atoms. The van der Waals surface area contributed by atoms with Gasteiger partial charge in [-0.2, -0.15) is 0 Å². The van der Waals surface area contributed by atoms with Gasteiger partial charge in [0.1, 0.15) is 11.6 Å². The Morgan fingerprint density at radius 1 is 1.35 bits per heavy atom. The average molecular weight is 302 g/mol. The molecule has 0 amide bonds. The van der Waals surface area contributed by atoms with Crippen LogP contribution in [0.15, 0.2) is 29.1 Å². The van der Waals surface area contributed by atoms with Crippen molar-refractivity contribution >= 4 is 15.9 Å². The first kappa shape index (κ1) is 12.2. The molecule has 1 aromatic heterocycles. The van der Waals surface area contributed by atoms with E-state index in [0.29, 0.717) is 5.69 Å². The van der Waals surface area contributed by atoms with Crippen LogP contribution in [0.25, 0.3) is 5.69 Å². The van der Waals surface area contributed by atoms with Crippen molar-refractivity contribution in [1.82, 2.24) is 9.55 Å². The van der Waals surface area contributed by atoms with Crippen molar-refractivity contribution in [3.8, 4) is 5.69 Å². The number of benzene rings is 1. The Kier molecular flexibility index (Phi) is 3.26. The SMILES string of the molecule is C[C@H](N)c1cncn1-c1cc(F)c(Br)cc1F. The summed E-state index contributed by atoms with van der Waals surface area (Å²) in [4.78, 5) is 3.90. The van der Waals surface area contributed by atoms with Crippen LogP contribution in [-0.4, -0.2) is 9.55 Å². The summed E-state index contributed by atoms with van der Waals surface area (Å²) in [5.41, 5.74) is 6.44. The third-order valence-corrected chi connectivity index (χ3v) is 2.99. The lowest BCUT2D eigenvalue weighted by Gasteiger charge is -2.12. The van der Waals surface area contributed by atoms with Gasteiger partial charge in [0.2, 0.25) is 0 Å². The predicted molar refractivity (Wildman–Crippen MR) is 63.8 cm³/mol. The van der Waals surface area contributed by atoms with Gasteiger partial charge in [-0.25, -0.2) is 13.8 Å². The van der Waals surface area contributed by atoms with Crippen LogP contribution in [0.1, 0.15) is 18.7 Å². The topological polar surface area (TPSA) is 43.8 Å². The zero-order valence-corrected chi connectivity index (χ0v) is 10.6. The lowest BCUT2D eigenvalue weighted by atomic mass is 10.2. The molecule has 2 aromatic rings. The minimum atomic E-state index is -0.543. The summed E-state index contributed by atoms with van der Waals surface area (Å²) in [6.07, 6.45) is 2.94. The van der Waals surface area contributed by atoms with Crippen LogP contribution in [-0.2, 0) is 0 Å². The quantitative estimate of drug-likeness (QED) is 0.867. The molecule has 0 fully saturated rings. The van der Waals surface area contributed by atoms with E-state index >= 15 is 0 Å². The molecule has 2 rings (SSSR count). The van der Waals surface area contributed by atoms with Gasteiger partial charge in [0.05, 0.1) is 28.4 Å². The first-order valence-corrected chi connectivity index (χ1v) is 5.72. The van der Waals surface area contributed by atoms with Crippen molar-refractivity contribution in [2.24, 2.45) is 5.73 Å². The Morgan fingerprint density at radius 3 is 2.71 bits per heavy atom. The molecule has 2 N–H and O–H groups in total. The number of imidazole rings is 1. The maximum absolute atomic E-state index is 13.8. The lowest BCUT2D eigenvalue weighted by molar-refractivity contribution is 0.583. The largest absolute Gasteiger partial charge is 0.323 e. The number of nitrogens with zero attached hydrogens (tertiary/aromatic N) is 2. The predicted octanol–water partition coefficient (Wildman–Crippen LogP) is 2.93. The molecular weight excluding hydrogens is 292 g/mol. The molecule has 3 nitrogen and oxygen atoms in total. The smallest absolute Gasteiger partial charge is 0.148 e. The van der Waals surface area contributed by atoms with E-state index in [0.717, 1.165) is 12.1 Å². The fourth-order valence-corrected chi connectivity index (χ4v) is 1.86. The molecular formula is C11H10BrF2N3. The third kappa shape index (κ3) is 2.23. The van der Waals surface area contributed by atoms with Gasteiger partial charge in [0.15, 0.2) is 0 Å². The van der Waals surface area contributed by atoms with Crippen LogP contribution in [0.3, 0.4) is 0 Å². The zero-order valence-electron chi connectivity index (χ0n) is 8.99. The Hall–Kier alpha value is -1.27. The van der Waals surface area contributed by atoms with Crippen LogP contribution < -0.4 is 5.73 Å². The number of aromatic nitrogens is 2. The van der Waals surface area contributed by atoms with Crippen molar-refractivity contribution in [2.75, 3.05) is 0 Å². The van der Waals surface area contributed by atoms with Crippen LogP contribution in [0, 0.1) is 11.6 Å². The fourth-order valence-electron chi connectivity index (χ4n) is 1.54. The van der Waals surface area contributed by atoms with E-state index in [1.165, 1.54) is 17.1 Å². The summed E-state index contributed by atoms with van der Waals surface area (Å²) >= 11 is 2.93. The highest BCUT2D eigenvalue weighted by molar-refractivity contribution is 9.10. The molecule has 0 unspecified atom stereocenters. The van der Waals surface area contributed by atoms with Gasteiger partial charge in [-0.3, -0.25) is 4.57 Å². The van der Waals surface area contributed by atoms with Gasteiger partial charge in [0, 0.05) is 12.1 Å². The molecule has 1 aromatic carbocycles. The minimum Gasteiger partial charge on any atom is -0.323 e. The third-order valence-electron chi connectivity index (χ3n) is 2.38. The van der Waals surface area contributed by atoms with E-state index in [2.05, 4.69) is 20.9 Å². The summed E-state index contributed by atoms with van der Waals surface area (Å²) in [5, 5.41) is 0. The van der Waals surface area contributed by atoms with Gasteiger partial charge in [-0.05, 0) is 28.9 Å². The fraction of sp³-hybridized carbons (Fsp3) is 0.182. The lowest BCUT2D eigenvalue weighted by Crippen LogP contribution is -2.11. The highest BCUT2D eigenvalue weighted by Crippen LogP contribution is 2.24. The normalized spacial score (nSPS) is 12.8. The maximum Gasteiger partial charge on any atom is 0.148 e. The molecule has 0 aliphatic rings. The van der Waals surface area contributed by atoms with Gasteiger partial charge >= 0.3 is 0 Å². The number of hydrogen-bond donors (Lipinski definition) is 1. The summed E-state index contributed by atoms with van der Waals surface area (Å²) in [5.74, 6) is -1.08. The monoisotopic (exact) mass is 301 g/mol. The molecule has 0 saturated heterocycles. The molecule has 6 heteroatoms. The summed E-state index contributed by atoms with van der Waals surface area (Å²) in [6.45, 7) is 1.75. The number of halogens is 3. The van der Waals surface area contributed by atoms with Crippen molar-refractivity contribution in [1.29, 1.82) is 0 Å². The Morgan fingerprint density at radius 2 is 2.06 bits per heavy atom. The first-order valence-electron chi connectivity index (χ1n) is 4.93. The van der Waals surface area contributed by atoms with Gasteiger partial charge < -0.3 is 5.73 Å². The highest BCUT2D eigenvalue weighted by Gasteiger charge is 2.14. The molecule has 0 saturated carbocycles. The van der Waals surface area contributed by atoms with Crippen LogP contribution in [0.2, 0.25) is 0 Å². The molecule has 0 aliphatic carbocycles. The van der Waals surface area contributed by atoms with Crippen molar-refractivity contribution < 1.29 is 8.78 Å². The number of rotatable bonds is 2. The first-order chi connectivity index (χ1) is 8.00. The van der Waals surface area contributed by atoms with Crippen molar-refractivity contribution in [3.63, 3.8) is 0 Å². The standard InChI is InChI=1S/C11H10BrF2N3/c1-6(15)11-4-16-5-17(11)10-3-8(13)7(12)2-9(10)14/h2-6H,15H2,1H3/t6-/m0/s1. The second kappa shape index (κ2) is 4.54. The van der Waals surface area contributed by atoms with E-state index in [1.807, 2.05) is 0 Å². The molecule has 1 atom stereocenters. The van der Waals surface area contributed by atoms with E-state index in [4.69, 9.17) is 5.73 Å². The maximum atomic E-state index is 13.8. The van der Waals surface area contributed by atoms with Crippen molar-refractivity contribution in [2.45, 2.75) is 13.0 Å². The van der Waals surface area contributed by atoms with E-state index < -0.39 is 11.6 Å². The van der Waals surface area contributed by atoms with Crippen LogP contribution >= 0.6 is 15.9 Å².